The van der Waals surface area contributed by atoms with Crippen LogP contribution in [0.25, 0.3) is 0 Å². The molecule has 0 aliphatic heterocycles. The number of allylic oxidation sites excluding steroid dienone is 21. The van der Waals surface area contributed by atoms with Gasteiger partial charge in [-0.3, -0.25) is 14.4 Å². The third-order valence-electron chi connectivity index (χ3n) is 21.9. The molecule has 6 heteroatoms. The van der Waals surface area contributed by atoms with Gasteiger partial charge in [0.1, 0.15) is 19.8 Å². The fraction of sp³-hybridized carbons (Fsp3) is 0.750. The summed E-state index contributed by atoms with van der Waals surface area (Å²) in [6.07, 6.45) is 101. The van der Waals surface area contributed by atoms with Gasteiger partial charge in [-0.15, -0.1) is 0 Å². The second-order valence-electron chi connectivity index (χ2n) is 35.2. The lowest BCUT2D eigenvalue weighted by Gasteiger charge is -2.05. The Morgan fingerprint density at radius 3 is 0.447 bits per heavy atom. The van der Waals surface area contributed by atoms with Crippen molar-refractivity contribution < 1.29 is 28.6 Å². The summed E-state index contributed by atoms with van der Waals surface area (Å²) < 4.78 is 16.3. The molecule has 0 bridgehead atoms. The Balaban J connectivity index is -0.00000162. The number of hydrogen-bond donors (Lipinski definition) is 0. The summed E-state index contributed by atoms with van der Waals surface area (Å²) in [4.78, 5) is 36.0. The first-order chi connectivity index (χ1) is 55.0. The highest BCUT2D eigenvalue weighted by Gasteiger charge is 2.07. The minimum Gasteiger partial charge on any atom is -0.461 e. The Hall–Kier alpha value is -4.71. The van der Waals surface area contributed by atoms with E-state index in [2.05, 4.69) is 198 Å². The number of hydrogen-bond acceptors (Lipinski definition) is 6. The average molecular weight is 1590 g/mol. The van der Waals surface area contributed by atoms with Gasteiger partial charge in [0.15, 0.2) is 0 Å². The predicted octanol–water partition coefficient (Wildman–Crippen LogP) is 36.5. The average Bonchev–Trinajstić information content (AvgIpc) is 1.01. The lowest BCUT2D eigenvalue weighted by atomic mass is 10.0. The van der Waals surface area contributed by atoms with Crippen molar-refractivity contribution in [1.82, 2.24) is 0 Å². The van der Waals surface area contributed by atoms with E-state index in [1.165, 1.54) is 298 Å². The zero-order valence-corrected chi connectivity index (χ0v) is 79.4. The molecule has 0 aliphatic rings. The summed E-state index contributed by atoms with van der Waals surface area (Å²) in [5, 5.41) is 0. The first-order valence-corrected chi connectivity index (χ1v) is 48.3. The highest BCUT2D eigenvalue weighted by molar-refractivity contribution is 5.70. The summed E-state index contributed by atoms with van der Waals surface area (Å²) >= 11 is 0. The van der Waals surface area contributed by atoms with Crippen molar-refractivity contribution in [3.8, 4) is 0 Å². The van der Waals surface area contributed by atoms with E-state index in [-0.39, 0.29) is 17.9 Å². The molecular weight excluding hydrogens is 1390 g/mol. The maximum absolute atomic E-state index is 12.0. The van der Waals surface area contributed by atoms with Crippen molar-refractivity contribution in [2.75, 3.05) is 19.8 Å². The van der Waals surface area contributed by atoms with E-state index in [1.807, 2.05) is 0 Å². The summed E-state index contributed by atoms with van der Waals surface area (Å²) in [6, 6.07) is 0. The topological polar surface area (TPSA) is 78.9 Å². The molecule has 0 spiro atoms. The van der Waals surface area contributed by atoms with Gasteiger partial charge in [-0.1, -0.05) is 373 Å². The Morgan fingerprint density at radius 2 is 0.298 bits per heavy atom. The van der Waals surface area contributed by atoms with Crippen LogP contribution in [0.1, 0.15) is 510 Å². The van der Waals surface area contributed by atoms with Crippen LogP contribution < -0.4 is 0 Å². The SMILES string of the molecule is CCCCCCCCCCCCCCCC(=O)OCC=C(C)CCC=C(C)CCC=C(C)CCC=C(C)C.CCCCCCCCCCCCCCCC(=O)OCC=C(C)CCC=C(C)CCC=C(C)CCC=C(C)C.CCCCCCCCCCCCCCCC(=O)OCC=C(C)CCC=C(C)CCC=C(C)CCC=C(C)C. The van der Waals surface area contributed by atoms with E-state index in [0.29, 0.717) is 39.1 Å². The molecule has 0 amide bonds. The van der Waals surface area contributed by atoms with E-state index < -0.39 is 0 Å². The lowest BCUT2D eigenvalue weighted by Crippen LogP contribution is -2.04. The Morgan fingerprint density at radius 1 is 0.167 bits per heavy atom. The molecule has 0 atom stereocenters. The molecule has 6 nitrogen and oxygen atoms in total. The van der Waals surface area contributed by atoms with Crippen molar-refractivity contribution in [3.63, 3.8) is 0 Å². The fourth-order valence-electron chi connectivity index (χ4n) is 13.9. The van der Waals surface area contributed by atoms with Crippen LogP contribution in [0.5, 0.6) is 0 Å². The molecule has 0 aromatic heterocycles. The quantitative estimate of drug-likeness (QED) is 0.0261. The second kappa shape index (κ2) is 89.1. The summed E-state index contributed by atoms with van der Waals surface area (Å²) in [7, 11) is 0. The van der Waals surface area contributed by atoms with Gasteiger partial charge in [-0.25, -0.2) is 0 Å². The minimum absolute atomic E-state index is 0.0444. The first kappa shape index (κ1) is 113. The third-order valence-corrected chi connectivity index (χ3v) is 21.9. The van der Waals surface area contributed by atoms with Crippen molar-refractivity contribution in [3.05, 3.63) is 140 Å². The van der Waals surface area contributed by atoms with Crippen LogP contribution in [0.2, 0.25) is 0 Å². The molecule has 0 saturated heterocycles. The minimum atomic E-state index is -0.0444. The highest BCUT2D eigenvalue weighted by Crippen LogP contribution is 2.21. The molecule has 0 saturated carbocycles. The molecule has 0 heterocycles. The number of rotatable bonds is 75. The van der Waals surface area contributed by atoms with E-state index in [0.717, 1.165) is 135 Å². The molecule has 0 aromatic rings. The van der Waals surface area contributed by atoms with Crippen LogP contribution in [-0.4, -0.2) is 37.7 Å². The van der Waals surface area contributed by atoms with Crippen molar-refractivity contribution >= 4 is 17.9 Å². The van der Waals surface area contributed by atoms with Gasteiger partial charge < -0.3 is 14.2 Å². The Labute approximate surface area is 711 Å². The van der Waals surface area contributed by atoms with Gasteiger partial charge in [-0.05, 0) is 257 Å². The molecule has 0 unspecified atom stereocenters. The van der Waals surface area contributed by atoms with Crippen LogP contribution >= 0.6 is 0 Å². The normalized spacial score (nSPS) is 12.6. The van der Waals surface area contributed by atoms with Crippen LogP contribution in [0.3, 0.4) is 0 Å². The van der Waals surface area contributed by atoms with Crippen molar-refractivity contribution in [1.29, 1.82) is 0 Å². The van der Waals surface area contributed by atoms with Gasteiger partial charge in [0, 0.05) is 19.3 Å². The van der Waals surface area contributed by atoms with Gasteiger partial charge in [0.05, 0.1) is 0 Å². The van der Waals surface area contributed by atoms with Crippen LogP contribution in [-0.2, 0) is 28.6 Å². The molecule has 114 heavy (non-hydrogen) atoms. The zero-order valence-electron chi connectivity index (χ0n) is 79.4. The van der Waals surface area contributed by atoms with Crippen molar-refractivity contribution in [2.45, 2.75) is 510 Å². The Kier molecular flexibility index (Phi) is 88.6. The molecular formula is C108H192O6. The molecule has 0 aliphatic carbocycles. The highest BCUT2D eigenvalue weighted by atomic mass is 16.5. The van der Waals surface area contributed by atoms with Gasteiger partial charge in [0.25, 0.3) is 0 Å². The first-order valence-electron chi connectivity index (χ1n) is 48.3. The van der Waals surface area contributed by atoms with E-state index in [9.17, 15) is 14.4 Å². The smallest absolute Gasteiger partial charge is 0.306 e. The second-order valence-corrected chi connectivity index (χ2v) is 35.2. The number of ether oxygens (including phenoxy) is 3. The van der Waals surface area contributed by atoms with Gasteiger partial charge in [0.2, 0.25) is 0 Å². The van der Waals surface area contributed by atoms with Crippen LogP contribution in [0.15, 0.2) is 140 Å². The number of unbranched alkanes of at least 4 members (excludes halogenated alkanes) is 36. The maximum Gasteiger partial charge on any atom is 0.306 e. The molecule has 0 aromatic carbocycles. The standard InChI is InChI=1S/3C36H64O2/c3*1-7-8-9-10-11-12-13-14-15-16-17-18-19-29-36(37)38-31-30-35(6)28-22-27-34(5)26-21-25-33(4)24-20-23-32(2)3/h3*23,25,27,30H,7-22,24,26,28-29,31H2,1-6H3. The van der Waals surface area contributed by atoms with Crippen LogP contribution in [0, 0.1) is 0 Å². The van der Waals surface area contributed by atoms with Gasteiger partial charge >= 0.3 is 17.9 Å². The summed E-state index contributed by atoms with van der Waals surface area (Å²) in [5.74, 6) is -0.133. The van der Waals surface area contributed by atoms with E-state index in [4.69, 9.17) is 14.2 Å². The number of esters is 3. The Bertz CT molecular complexity index is 2350. The monoisotopic (exact) mass is 1590 g/mol. The third kappa shape index (κ3) is 96.1. The predicted molar refractivity (Wildman–Crippen MR) is 509 cm³/mol. The maximum atomic E-state index is 12.0. The number of carbonyl (C=O) groups excluding carboxylic acids is 3. The summed E-state index contributed by atoms with van der Waals surface area (Å²) in [5.41, 5.74) is 17.0. The van der Waals surface area contributed by atoms with Crippen LogP contribution in [0.4, 0.5) is 0 Å². The molecule has 0 fully saturated rings. The zero-order chi connectivity index (χ0) is 84.8. The molecule has 0 rings (SSSR count). The fourth-order valence-corrected chi connectivity index (χ4v) is 13.9. The lowest BCUT2D eigenvalue weighted by molar-refractivity contribution is -0.143. The number of carbonyl (C=O) groups is 3. The molecule has 0 radical (unpaired) electrons. The van der Waals surface area contributed by atoms with Gasteiger partial charge in [-0.2, -0.15) is 0 Å². The summed E-state index contributed by atoms with van der Waals surface area (Å²) in [6.45, 7) is 41.0. The molecule has 660 valence electrons. The van der Waals surface area contributed by atoms with Crippen molar-refractivity contribution in [2.24, 2.45) is 0 Å². The molecule has 0 N–H and O–H groups in total. The van der Waals surface area contributed by atoms with E-state index >= 15 is 0 Å². The van der Waals surface area contributed by atoms with E-state index in [1.54, 1.807) is 0 Å². The largest absolute Gasteiger partial charge is 0.461 e.